The number of halogens is 3. The van der Waals surface area contributed by atoms with Crippen LogP contribution in [0.4, 0.5) is 13.2 Å². The molecule has 1 aromatic carbocycles. The molecule has 0 amide bonds. The van der Waals surface area contributed by atoms with Crippen molar-refractivity contribution in [3.05, 3.63) is 86.5 Å². The first-order valence-electron chi connectivity index (χ1n) is 12.0. The Morgan fingerprint density at radius 1 is 1.08 bits per heavy atom. The van der Waals surface area contributed by atoms with Crippen LogP contribution in [0.25, 0.3) is 27.6 Å². The summed E-state index contributed by atoms with van der Waals surface area (Å²) in [5.41, 5.74) is 2.62. The number of benzene rings is 1. The van der Waals surface area contributed by atoms with Gasteiger partial charge in [0.2, 0.25) is 0 Å². The largest absolute Gasteiger partial charge is 0.455 e. The number of aromatic nitrogens is 3. The third kappa shape index (κ3) is 5.66. The number of fused-ring (bicyclic) bond motifs is 1. The van der Waals surface area contributed by atoms with Crippen LogP contribution >= 0.6 is 0 Å². The van der Waals surface area contributed by atoms with Gasteiger partial charge in [-0.2, -0.15) is 13.2 Å². The van der Waals surface area contributed by atoms with Crippen molar-refractivity contribution in [3.8, 4) is 22.6 Å². The van der Waals surface area contributed by atoms with Crippen LogP contribution in [-0.4, -0.2) is 32.6 Å². The Kier molecular flexibility index (Phi) is 7.27. The molecule has 4 rings (SSSR count). The fourth-order valence-electron chi connectivity index (χ4n) is 4.32. The highest BCUT2D eigenvalue weighted by molar-refractivity contribution is 6.21. The number of hydrogen-bond donors (Lipinski definition) is 3. The highest BCUT2D eigenvalue weighted by atomic mass is 19.4. The number of nitrogens with one attached hydrogen (secondary N) is 3. The quantitative estimate of drug-likeness (QED) is 0.282. The smallest absolute Gasteiger partial charge is 0.405 e. The van der Waals surface area contributed by atoms with Crippen LogP contribution in [-0.2, 0) is 14.1 Å². The van der Waals surface area contributed by atoms with Gasteiger partial charge in [0.05, 0.1) is 6.20 Å². The predicted molar refractivity (Wildman–Crippen MR) is 146 cm³/mol. The van der Waals surface area contributed by atoms with Crippen LogP contribution < -0.4 is 21.2 Å². The highest BCUT2D eigenvalue weighted by Gasteiger charge is 2.26. The summed E-state index contributed by atoms with van der Waals surface area (Å²) in [5.74, 6) is 1.01. The van der Waals surface area contributed by atoms with Crippen LogP contribution in [0.2, 0.25) is 0 Å². The van der Waals surface area contributed by atoms with E-state index in [4.69, 9.17) is 10.1 Å². The van der Waals surface area contributed by atoms with E-state index in [0.717, 1.165) is 17.3 Å². The number of pyridine rings is 2. The standard InChI is InChI=1S/C28H28F3N5O3/c1-15-7-6-8-16(2)26(15)39-23-13-35(4)24(37)10-18(23)21-12-36(5)27(38)25-19(21)9-22(34-25)20(17(3)32)11-33-14-28(29,30)31/h6-13,32-34H,14H2,1-5H3/b20-11+,32-17?. The van der Waals surface area contributed by atoms with Gasteiger partial charge < -0.3 is 29.6 Å². The topological polar surface area (TPSA) is 105 Å². The number of rotatable bonds is 7. The first kappa shape index (κ1) is 27.5. The molecule has 39 heavy (non-hydrogen) atoms. The molecule has 0 aliphatic heterocycles. The molecule has 0 saturated carbocycles. The Morgan fingerprint density at radius 2 is 1.74 bits per heavy atom. The van der Waals surface area contributed by atoms with Crippen molar-refractivity contribution in [3.63, 3.8) is 0 Å². The maximum atomic E-state index is 13.0. The van der Waals surface area contributed by atoms with E-state index in [1.807, 2.05) is 32.0 Å². The molecule has 0 bridgehead atoms. The fourth-order valence-corrected chi connectivity index (χ4v) is 4.32. The van der Waals surface area contributed by atoms with Crippen molar-refractivity contribution in [2.45, 2.75) is 26.9 Å². The number of H-pyrrole nitrogens is 1. The van der Waals surface area contributed by atoms with Gasteiger partial charge in [-0.3, -0.25) is 9.59 Å². The summed E-state index contributed by atoms with van der Waals surface area (Å²) in [6, 6.07) is 8.74. The zero-order valence-corrected chi connectivity index (χ0v) is 22.1. The fraction of sp³-hybridized carbons (Fsp3) is 0.250. The average molecular weight is 540 g/mol. The van der Waals surface area contributed by atoms with Crippen molar-refractivity contribution < 1.29 is 17.9 Å². The van der Waals surface area contributed by atoms with E-state index in [0.29, 0.717) is 28.0 Å². The molecule has 4 aromatic rings. The number of para-hydroxylation sites is 1. The Labute approximate surface area is 221 Å². The summed E-state index contributed by atoms with van der Waals surface area (Å²) in [7, 11) is 3.16. The molecule has 0 atom stereocenters. The van der Waals surface area contributed by atoms with Crippen molar-refractivity contribution in [1.29, 1.82) is 5.41 Å². The number of allylic oxidation sites excluding steroid dienone is 1. The molecular weight excluding hydrogens is 511 g/mol. The van der Waals surface area contributed by atoms with E-state index in [1.54, 1.807) is 32.6 Å². The molecule has 0 radical (unpaired) electrons. The van der Waals surface area contributed by atoms with Gasteiger partial charge in [0.1, 0.15) is 17.8 Å². The molecule has 0 aliphatic rings. The molecular formula is C28H28F3N5O3. The van der Waals surface area contributed by atoms with Crippen LogP contribution in [0.15, 0.2) is 58.5 Å². The molecule has 0 saturated heterocycles. The molecule has 3 heterocycles. The summed E-state index contributed by atoms with van der Waals surface area (Å²) in [6.45, 7) is 3.98. The average Bonchev–Trinajstić information content (AvgIpc) is 3.28. The van der Waals surface area contributed by atoms with E-state index in [2.05, 4.69) is 10.3 Å². The Balaban J connectivity index is 1.94. The van der Waals surface area contributed by atoms with Crippen molar-refractivity contribution in [2.24, 2.45) is 14.1 Å². The van der Waals surface area contributed by atoms with Gasteiger partial charge in [-0.15, -0.1) is 0 Å². The molecule has 3 N–H and O–H groups in total. The van der Waals surface area contributed by atoms with E-state index >= 15 is 0 Å². The van der Waals surface area contributed by atoms with Crippen LogP contribution in [0.5, 0.6) is 11.5 Å². The third-order valence-corrected chi connectivity index (χ3v) is 6.31. The lowest BCUT2D eigenvalue weighted by Gasteiger charge is -2.17. The lowest BCUT2D eigenvalue weighted by molar-refractivity contribution is -0.122. The lowest BCUT2D eigenvalue weighted by Crippen LogP contribution is -2.25. The SMILES string of the molecule is CC(=N)/C(=C\NCC(F)(F)F)c1cc2c(-c3cc(=O)n(C)cc3Oc3c(C)cccc3C)cn(C)c(=O)c2[nH]1. The van der Waals surface area contributed by atoms with Gasteiger partial charge in [0.25, 0.3) is 11.1 Å². The molecule has 0 unspecified atom stereocenters. The molecule has 8 nitrogen and oxygen atoms in total. The Bertz CT molecular complexity index is 1720. The zero-order valence-electron chi connectivity index (χ0n) is 22.1. The number of nitrogens with zero attached hydrogens (tertiary/aromatic N) is 2. The summed E-state index contributed by atoms with van der Waals surface area (Å²) in [6.07, 6.45) is -0.190. The molecule has 11 heteroatoms. The minimum absolute atomic E-state index is 0.0118. The predicted octanol–water partition coefficient (Wildman–Crippen LogP) is 5.17. The molecule has 3 aromatic heterocycles. The van der Waals surface area contributed by atoms with Gasteiger partial charge in [-0.1, -0.05) is 18.2 Å². The summed E-state index contributed by atoms with van der Waals surface area (Å²) < 4.78 is 47.1. The van der Waals surface area contributed by atoms with Crippen LogP contribution in [0.3, 0.4) is 0 Å². The number of hydrogen-bond acceptors (Lipinski definition) is 5. The van der Waals surface area contributed by atoms with E-state index in [9.17, 15) is 22.8 Å². The van der Waals surface area contributed by atoms with Gasteiger partial charge >= 0.3 is 6.18 Å². The Morgan fingerprint density at radius 3 is 2.36 bits per heavy atom. The first-order valence-corrected chi connectivity index (χ1v) is 12.0. The normalized spacial score (nSPS) is 12.2. The van der Waals surface area contributed by atoms with E-state index in [-0.39, 0.29) is 33.6 Å². The van der Waals surface area contributed by atoms with Crippen molar-refractivity contribution in [2.75, 3.05) is 6.54 Å². The second-order valence-electron chi connectivity index (χ2n) is 9.43. The molecule has 0 fully saturated rings. The second-order valence-corrected chi connectivity index (χ2v) is 9.43. The number of alkyl halides is 3. The summed E-state index contributed by atoms with van der Waals surface area (Å²) in [4.78, 5) is 28.8. The van der Waals surface area contributed by atoms with Crippen molar-refractivity contribution in [1.82, 2.24) is 19.4 Å². The number of aryl methyl sites for hydroxylation is 4. The number of ether oxygens (including phenoxy) is 1. The molecule has 204 valence electrons. The molecule has 0 spiro atoms. The molecule has 0 aliphatic carbocycles. The summed E-state index contributed by atoms with van der Waals surface area (Å²) >= 11 is 0. The summed E-state index contributed by atoms with van der Waals surface area (Å²) in [5, 5.41) is 10.7. The monoisotopic (exact) mass is 539 g/mol. The third-order valence-electron chi connectivity index (χ3n) is 6.31. The van der Waals surface area contributed by atoms with Gasteiger partial charge in [0.15, 0.2) is 5.75 Å². The minimum atomic E-state index is -4.44. The maximum Gasteiger partial charge on any atom is 0.405 e. The van der Waals surface area contributed by atoms with Gasteiger partial charge in [-0.05, 0) is 38.0 Å². The van der Waals surface area contributed by atoms with Crippen LogP contribution in [0, 0.1) is 19.3 Å². The lowest BCUT2D eigenvalue weighted by atomic mass is 10.0. The first-order chi connectivity index (χ1) is 18.3. The van der Waals surface area contributed by atoms with Gasteiger partial charge in [-0.25, -0.2) is 0 Å². The Hall–Kier alpha value is -4.54. The second kappa shape index (κ2) is 10.3. The maximum absolute atomic E-state index is 13.0. The highest BCUT2D eigenvalue weighted by Crippen LogP contribution is 2.38. The minimum Gasteiger partial charge on any atom is -0.455 e. The zero-order chi connectivity index (χ0) is 28.6. The van der Waals surface area contributed by atoms with Crippen LogP contribution in [0.1, 0.15) is 23.7 Å². The van der Waals surface area contributed by atoms with Gasteiger partial charge in [0, 0.05) is 66.1 Å². The van der Waals surface area contributed by atoms with Crippen molar-refractivity contribution >= 4 is 22.2 Å². The van der Waals surface area contributed by atoms with E-state index in [1.165, 1.54) is 22.1 Å². The number of aromatic amines is 1. The van der Waals surface area contributed by atoms with E-state index < -0.39 is 12.7 Å².